The van der Waals surface area contributed by atoms with Crippen LogP contribution in [0.25, 0.3) is 16.9 Å². The zero-order chi connectivity index (χ0) is 18.2. The largest absolute Gasteiger partial charge is 0.369 e. The zero-order valence-electron chi connectivity index (χ0n) is 15.4. The predicted octanol–water partition coefficient (Wildman–Crippen LogP) is 2.74. The second-order valence-corrected chi connectivity index (χ2v) is 7.23. The summed E-state index contributed by atoms with van der Waals surface area (Å²) in [5.74, 6) is 1.19. The maximum Gasteiger partial charge on any atom is 0.140 e. The Morgan fingerprint density at radius 2 is 1.93 bits per heavy atom. The van der Waals surface area contributed by atoms with Gasteiger partial charge in [0, 0.05) is 55.9 Å². The Morgan fingerprint density at radius 1 is 1.11 bits per heavy atom. The number of hydrogen-bond acceptors (Lipinski definition) is 6. The lowest BCUT2D eigenvalue weighted by Crippen LogP contribution is -2.43. The molecule has 0 bridgehead atoms. The summed E-state index contributed by atoms with van der Waals surface area (Å²) in [5.41, 5.74) is 4.25. The van der Waals surface area contributed by atoms with Crippen LogP contribution in [0.4, 0.5) is 5.69 Å². The molecule has 4 heterocycles. The Bertz CT molecular complexity index is 970. The van der Waals surface area contributed by atoms with E-state index in [-0.39, 0.29) is 12.0 Å². The summed E-state index contributed by atoms with van der Waals surface area (Å²) in [6, 6.07) is 10.9. The van der Waals surface area contributed by atoms with E-state index in [1.165, 1.54) is 5.69 Å². The van der Waals surface area contributed by atoms with Gasteiger partial charge in [-0.3, -0.25) is 4.40 Å². The zero-order valence-corrected chi connectivity index (χ0v) is 15.4. The molecule has 2 aliphatic heterocycles. The SMILES string of the molecule is CC1N=NCC1c1nc(-c2ccc(N3CCNCC3)cc2)cc2nccn12. The smallest absolute Gasteiger partial charge is 0.140 e. The number of benzene rings is 1. The summed E-state index contributed by atoms with van der Waals surface area (Å²) >= 11 is 0. The molecule has 3 aromatic rings. The highest BCUT2D eigenvalue weighted by atomic mass is 15.2. The highest BCUT2D eigenvalue weighted by Gasteiger charge is 2.27. The van der Waals surface area contributed by atoms with E-state index in [1.54, 1.807) is 0 Å². The number of imidazole rings is 1. The molecular weight excluding hydrogens is 338 g/mol. The second-order valence-electron chi connectivity index (χ2n) is 7.23. The topological polar surface area (TPSA) is 70.2 Å². The van der Waals surface area contributed by atoms with Crippen molar-refractivity contribution in [2.45, 2.75) is 18.9 Å². The first kappa shape index (κ1) is 16.4. The fourth-order valence-corrected chi connectivity index (χ4v) is 3.92. The van der Waals surface area contributed by atoms with Gasteiger partial charge in [0.05, 0.1) is 24.2 Å². The molecule has 0 saturated carbocycles. The lowest BCUT2D eigenvalue weighted by molar-refractivity contribution is 0.589. The van der Waals surface area contributed by atoms with Gasteiger partial charge in [-0.1, -0.05) is 12.1 Å². The highest BCUT2D eigenvalue weighted by Crippen LogP contribution is 2.30. The molecule has 0 spiro atoms. The number of nitrogens with zero attached hydrogens (tertiary/aromatic N) is 6. The van der Waals surface area contributed by atoms with E-state index in [4.69, 9.17) is 4.98 Å². The van der Waals surface area contributed by atoms with Crippen molar-refractivity contribution in [3.05, 3.63) is 48.5 Å². The minimum absolute atomic E-state index is 0.147. The number of piperazine rings is 1. The number of fused-ring (bicyclic) bond motifs is 1. The van der Waals surface area contributed by atoms with Crippen LogP contribution in [0.5, 0.6) is 0 Å². The first-order valence-corrected chi connectivity index (χ1v) is 9.56. The van der Waals surface area contributed by atoms with Crippen LogP contribution in [0.15, 0.2) is 53.0 Å². The Balaban J connectivity index is 1.51. The van der Waals surface area contributed by atoms with Crippen LogP contribution in [0, 0.1) is 0 Å². The van der Waals surface area contributed by atoms with Gasteiger partial charge in [0.2, 0.25) is 0 Å². The average Bonchev–Trinajstić information content (AvgIpc) is 3.37. The van der Waals surface area contributed by atoms with Crippen molar-refractivity contribution < 1.29 is 0 Å². The summed E-state index contributed by atoms with van der Waals surface area (Å²) in [4.78, 5) is 11.9. The molecule has 2 unspecified atom stereocenters. The van der Waals surface area contributed by atoms with Gasteiger partial charge in [0.15, 0.2) is 0 Å². The molecule has 1 fully saturated rings. The molecule has 0 aliphatic carbocycles. The Morgan fingerprint density at radius 3 is 2.67 bits per heavy atom. The predicted molar refractivity (Wildman–Crippen MR) is 105 cm³/mol. The van der Waals surface area contributed by atoms with Crippen LogP contribution in [-0.2, 0) is 0 Å². The molecule has 7 heteroatoms. The van der Waals surface area contributed by atoms with Crippen molar-refractivity contribution in [1.29, 1.82) is 0 Å². The molecule has 7 nitrogen and oxygen atoms in total. The molecule has 1 saturated heterocycles. The van der Waals surface area contributed by atoms with E-state index in [0.717, 1.165) is 48.9 Å². The molecule has 0 amide bonds. The van der Waals surface area contributed by atoms with Gasteiger partial charge in [0.25, 0.3) is 0 Å². The van der Waals surface area contributed by atoms with Gasteiger partial charge in [-0.25, -0.2) is 9.97 Å². The third-order valence-corrected chi connectivity index (χ3v) is 5.52. The standard InChI is InChI=1S/C20H23N7/c1-14-17(13-23-25-14)20-24-18(12-19-22-8-11-27(19)20)15-2-4-16(5-3-15)26-9-6-21-7-10-26/h2-5,8,11-12,14,17,21H,6-7,9-10,13H2,1H3. The van der Waals surface area contributed by atoms with E-state index in [2.05, 4.69) is 67.1 Å². The Labute approximate surface area is 158 Å². The summed E-state index contributed by atoms with van der Waals surface area (Å²) < 4.78 is 2.07. The second kappa shape index (κ2) is 6.74. The third-order valence-electron chi connectivity index (χ3n) is 5.52. The molecule has 2 atom stereocenters. The van der Waals surface area contributed by atoms with Crippen LogP contribution in [0.3, 0.4) is 0 Å². The fourth-order valence-electron chi connectivity index (χ4n) is 3.92. The van der Waals surface area contributed by atoms with Gasteiger partial charge in [0.1, 0.15) is 11.5 Å². The van der Waals surface area contributed by atoms with E-state index < -0.39 is 0 Å². The molecule has 27 heavy (non-hydrogen) atoms. The number of hydrogen-bond donors (Lipinski definition) is 1. The van der Waals surface area contributed by atoms with Crippen LogP contribution in [0.1, 0.15) is 18.7 Å². The third kappa shape index (κ3) is 2.98. The first-order chi connectivity index (χ1) is 13.3. The van der Waals surface area contributed by atoms with E-state index in [9.17, 15) is 0 Å². The number of anilines is 1. The number of azo groups is 1. The molecule has 2 aliphatic rings. The van der Waals surface area contributed by atoms with Crippen LogP contribution in [0.2, 0.25) is 0 Å². The van der Waals surface area contributed by atoms with Gasteiger partial charge in [-0.2, -0.15) is 10.2 Å². The van der Waals surface area contributed by atoms with Crippen molar-refractivity contribution in [2.24, 2.45) is 10.2 Å². The quantitative estimate of drug-likeness (QED) is 0.779. The highest BCUT2D eigenvalue weighted by molar-refractivity contribution is 5.66. The summed E-state index contributed by atoms with van der Waals surface area (Å²) in [6.45, 7) is 6.97. The fraction of sp³-hybridized carbons (Fsp3) is 0.400. The lowest BCUT2D eigenvalue weighted by Gasteiger charge is -2.29. The number of rotatable bonds is 3. The van der Waals surface area contributed by atoms with Crippen molar-refractivity contribution in [3.63, 3.8) is 0 Å². The molecule has 1 N–H and O–H groups in total. The van der Waals surface area contributed by atoms with E-state index in [0.29, 0.717) is 6.54 Å². The molecule has 138 valence electrons. The monoisotopic (exact) mass is 361 g/mol. The van der Waals surface area contributed by atoms with Gasteiger partial charge in [-0.05, 0) is 19.1 Å². The number of aromatic nitrogens is 3. The summed E-state index contributed by atoms with van der Waals surface area (Å²) in [5, 5.41) is 11.9. The van der Waals surface area contributed by atoms with Gasteiger partial charge in [-0.15, -0.1) is 0 Å². The van der Waals surface area contributed by atoms with E-state index >= 15 is 0 Å². The molecular formula is C20H23N7. The molecule has 2 aromatic heterocycles. The lowest BCUT2D eigenvalue weighted by atomic mass is 10.0. The van der Waals surface area contributed by atoms with Crippen molar-refractivity contribution in [3.8, 4) is 11.3 Å². The van der Waals surface area contributed by atoms with Crippen molar-refractivity contribution in [2.75, 3.05) is 37.6 Å². The molecule has 5 rings (SSSR count). The van der Waals surface area contributed by atoms with E-state index in [1.807, 2.05) is 12.4 Å². The van der Waals surface area contributed by atoms with Gasteiger partial charge < -0.3 is 10.2 Å². The molecule has 1 aromatic carbocycles. The van der Waals surface area contributed by atoms with Crippen LogP contribution >= 0.6 is 0 Å². The maximum absolute atomic E-state index is 5.00. The van der Waals surface area contributed by atoms with Gasteiger partial charge >= 0.3 is 0 Å². The average molecular weight is 361 g/mol. The number of nitrogens with one attached hydrogen (secondary N) is 1. The summed E-state index contributed by atoms with van der Waals surface area (Å²) in [6.07, 6.45) is 3.80. The Hall–Kier alpha value is -2.80. The first-order valence-electron chi connectivity index (χ1n) is 9.56. The van der Waals surface area contributed by atoms with Crippen molar-refractivity contribution >= 4 is 11.3 Å². The Kier molecular flexibility index (Phi) is 4.09. The maximum atomic E-state index is 5.00. The minimum Gasteiger partial charge on any atom is -0.369 e. The van der Waals surface area contributed by atoms with Crippen LogP contribution < -0.4 is 10.2 Å². The van der Waals surface area contributed by atoms with Crippen LogP contribution in [-0.4, -0.2) is 53.1 Å². The molecule has 0 radical (unpaired) electrons. The summed E-state index contributed by atoms with van der Waals surface area (Å²) in [7, 11) is 0. The van der Waals surface area contributed by atoms with Crippen molar-refractivity contribution in [1.82, 2.24) is 19.7 Å². The normalized spacial score (nSPS) is 22.6. The minimum atomic E-state index is 0.147.